The van der Waals surface area contributed by atoms with Crippen LogP contribution >= 0.6 is 11.3 Å². The number of thiophene rings is 1. The second kappa shape index (κ2) is 10.4. The topological polar surface area (TPSA) is 73.9 Å². The highest BCUT2D eigenvalue weighted by molar-refractivity contribution is 7.14. The van der Waals surface area contributed by atoms with Crippen molar-refractivity contribution in [3.8, 4) is 5.75 Å². The first-order chi connectivity index (χ1) is 14.2. The molecule has 6 nitrogen and oxygen atoms in total. The van der Waals surface area contributed by atoms with Gasteiger partial charge in [0.05, 0.1) is 17.9 Å². The Morgan fingerprint density at radius 1 is 1.17 bits per heavy atom. The van der Waals surface area contributed by atoms with Crippen LogP contribution < -0.4 is 10.1 Å². The van der Waals surface area contributed by atoms with Gasteiger partial charge in [-0.2, -0.15) is 13.2 Å². The number of amides is 1. The largest absolute Gasteiger partial charge is 0.489 e. The maximum Gasteiger partial charge on any atom is 0.416 e. The summed E-state index contributed by atoms with van der Waals surface area (Å²) in [5, 5.41) is 2.31. The molecule has 1 amide bonds. The van der Waals surface area contributed by atoms with Crippen LogP contribution in [0.3, 0.4) is 0 Å². The van der Waals surface area contributed by atoms with Crippen LogP contribution in [0.1, 0.15) is 32.6 Å². The van der Waals surface area contributed by atoms with Crippen molar-refractivity contribution < 1.29 is 37.0 Å². The SMILES string of the molecule is CCc1sc(C(=O)OCC(=O)Nc2cc(C(F)(F)F)ccc2OCCOC)cc1C. The molecule has 0 radical (unpaired) electrons. The number of aryl methyl sites for hydroxylation is 2. The molecule has 0 saturated heterocycles. The summed E-state index contributed by atoms with van der Waals surface area (Å²) in [6.45, 7) is 3.48. The van der Waals surface area contributed by atoms with E-state index < -0.39 is 30.2 Å². The van der Waals surface area contributed by atoms with Crippen molar-refractivity contribution in [3.05, 3.63) is 45.1 Å². The number of carbonyl (C=O) groups excluding carboxylic acids is 2. The number of anilines is 1. The Labute approximate surface area is 175 Å². The lowest BCUT2D eigenvalue weighted by Gasteiger charge is -2.15. The molecular formula is C20H22F3NO5S. The van der Waals surface area contributed by atoms with Crippen LogP contribution in [0, 0.1) is 6.92 Å². The van der Waals surface area contributed by atoms with Gasteiger partial charge in [-0.1, -0.05) is 6.92 Å². The van der Waals surface area contributed by atoms with Crippen molar-refractivity contribution in [2.75, 3.05) is 32.2 Å². The van der Waals surface area contributed by atoms with Gasteiger partial charge in [0, 0.05) is 12.0 Å². The third-order valence-electron chi connectivity index (χ3n) is 4.00. The second-order valence-electron chi connectivity index (χ2n) is 6.24. The maximum absolute atomic E-state index is 13.0. The number of esters is 1. The number of hydrogen-bond acceptors (Lipinski definition) is 6. The van der Waals surface area contributed by atoms with E-state index in [1.807, 2.05) is 13.8 Å². The van der Waals surface area contributed by atoms with Gasteiger partial charge >= 0.3 is 12.1 Å². The Morgan fingerprint density at radius 3 is 2.50 bits per heavy atom. The Kier molecular flexibility index (Phi) is 8.24. The highest BCUT2D eigenvalue weighted by Gasteiger charge is 2.31. The van der Waals surface area contributed by atoms with Crippen LogP contribution in [0.25, 0.3) is 0 Å². The summed E-state index contributed by atoms with van der Waals surface area (Å²) in [5.74, 6) is -1.41. The van der Waals surface area contributed by atoms with E-state index in [0.29, 0.717) is 4.88 Å². The fourth-order valence-corrected chi connectivity index (χ4v) is 3.53. The average Bonchev–Trinajstić information content (AvgIpc) is 3.07. The van der Waals surface area contributed by atoms with E-state index in [2.05, 4.69) is 5.32 Å². The lowest BCUT2D eigenvalue weighted by atomic mass is 10.1. The molecule has 0 saturated carbocycles. The first-order valence-electron chi connectivity index (χ1n) is 9.05. The summed E-state index contributed by atoms with van der Waals surface area (Å²) in [5.41, 5.74) is -0.169. The molecule has 0 aliphatic carbocycles. The molecule has 10 heteroatoms. The average molecular weight is 445 g/mol. The number of halogens is 3. The van der Waals surface area contributed by atoms with Gasteiger partial charge in [0.1, 0.15) is 17.2 Å². The van der Waals surface area contributed by atoms with Crippen molar-refractivity contribution in [1.82, 2.24) is 0 Å². The van der Waals surface area contributed by atoms with E-state index in [4.69, 9.17) is 14.2 Å². The number of hydrogen-bond donors (Lipinski definition) is 1. The third-order valence-corrected chi connectivity index (χ3v) is 5.36. The van der Waals surface area contributed by atoms with Crippen LogP contribution in [0.4, 0.5) is 18.9 Å². The minimum atomic E-state index is -4.59. The zero-order chi connectivity index (χ0) is 22.3. The fourth-order valence-electron chi connectivity index (χ4n) is 2.52. The van der Waals surface area contributed by atoms with Gasteiger partial charge in [-0.05, 0) is 43.2 Å². The predicted molar refractivity (Wildman–Crippen MR) is 106 cm³/mol. The minimum absolute atomic E-state index is 0.0428. The molecule has 1 aromatic heterocycles. The van der Waals surface area contributed by atoms with Crippen molar-refractivity contribution >= 4 is 28.9 Å². The lowest BCUT2D eigenvalue weighted by molar-refractivity contribution is -0.137. The van der Waals surface area contributed by atoms with E-state index in [-0.39, 0.29) is 24.7 Å². The molecule has 0 fully saturated rings. The fraction of sp³-hybridized carbons (Fsp3) is 0.400. The van der Waals surface area contributed by atoms with Crippen molar-refractivity contribution in [2.45, 2.75) is 26.4 Å². The van der Waals surface area contributed by atoms with Crippen LogP contribution in [0.2, 0.25) is 0 Å². The van der Waals surface area contributed by atoms with Crippen molar-refractivity contribution in [3.63, 3.8) is 0 Å². The molecule has 164 valence electrons. The van der Waals surface area contributed by atoms with Gasteiger partial charge in [-0.15, -0.1) is 11.3 Å². The predicted octanol–water partition coefficient (Wildman–Crippen LogP) is 4.46. The Balaban J connectivity index is 2.06. The smallest absolute Gasteiger partial charge is 0.416 e. The molecule has 2 aromatic rings. The number of ether oxygens (including phenoxy) is 3. The Hall–Kier alpha value is -2.59. The molecular weight excluding hydrogens is 423 g/mol. The summed E-state index contributed by atoms with van der Waals surface area (Å²) in [6.07, 6.45) is -3.82. The molecule has 0 bridgehead atoms. The highest BCUT2D eigenvalue weighted by Crippen LogP contribution is 2.35. The number of nitrogens with one attached hydrogen (secondary N) is 1. The number of rotatable bonds is 9. The number of carbonyl (C=O) groups is 2. The van der Waals surface area contributed by atoms with E-state index in [9.17, 15) is 22.8 Å². The minimum Gasteiger partial charge on any atom is -0.489 e. The Bertz CT molecular complexity index is 895. The monoisotopic (exact) mass is 445 g/mol. The first-order valence-corrected chi connectivity index (χ1v) is 9.86. The normalized spacial score (nSPS) is 11.3. The van der Waals surface area contributed by atoms with Gasteiger partial charge in [-0.25, -0.2) is 4.79 Å². The van der Waals surface area contributed by atoms with Crippen molar-refractivity contribution in [1.29, 1.82) is 0 Å². The number of benzene rings is 1. The first kappa shape index (κ1) is 23.7. The summed E-state index contributed by atoms with van der Waals surface area (Å²) >= 11 is 1.28. The molecule has 0 unspecified atom stereocenters. The second-order valence-corrected chi connectivity index (χ2v) is 7.38. The van der Waals surface area contributed by atoms with Crippen LogP contribution in [-0.2, 0) is 26.9 Å². The summed E-state index contributed by atoms with van der Waals surface area (Å²) in [7, 11) is 1.45. The van der Waals surface area contributed by atoms with Crippen LogP contribution in [0.15, 0.2) is 24.3 Å². The van der Waals surface area contributed by atoms with E-state index in [1.165, 1.54) is 18.4 Å². The Morgan fingerprint density at radius 2 is 1.90 bits per heavy atom. The van der Waals surface area contributed by atoms with Gasteiger partial charge in [0.2, 0.25) is 0 Å². The maximum atomic E-state index is 13.0. The van der Waals surface area contributed by atoms with E-state index in [0.717, 1.165) is 35.1 Å². The summed E-state index contributed by atoms with van der Waals surface area (Å²) < 4.78 is 54.2. The van der Waals surface area contributed by atoms with Crippen molar-refractivity contribution in [2.24, 2.45) is 0 Å². The molecule has 0 atom stereocenters. The molecule has 2 rings (SSSR count). The molecule has 0 aliphatic heterocycles. The zero-order valence-electron chi connectivity index (χ0n) is 16.7. The quantitative estimate of drug-likeness (QED) is 0.456. The van der Waals surface area contributed by atoms with Gasteiger partial charge in [0.15, 0.2) is 6.61 Å². The summed E-state index contributed by atoms with van der Waals surface area (Å²) in [4.78, 5) is 25.7. The van der Waals surface area contributed by atoms with Crippen LogP contribution in [-0.4, -0.2) is 38.8 Å². The molecule has 30 heavy (non-hydrogen) atoms. The molecule has 0 aliphatic rings. The van der Waals surface area contributed by atoms with E-state index in [1.54, 1.807) is 6.07 Å². The molecule has 0 spiro atoms. The van der Waals surface area contributed by atoms with Gasteiger partial charge in [-0.3, -0.25) is 4.79 Å². The highest BCUT2D eigenvalue weighted by atomic mass is 32.1. The standard InChI is InChI=1S/C20H22F3NO5S/c1-4-16-12(2)9-17(30-16)19(26)29-11-18(25)24-14-10-13(20(21,22)23)5-6-15(14)28-8-7-27-3/h5-6,9-10H,4,7-8,11H2,1-3H3,(H,24,25). The number of methoxy groups -OCH3 is 1. The number of alkyl halides is 3. The van der Waals surface area contributed by atoms with Gasteiger partial charge in [0.25, 0.3) is 5.91 Å². The molecule has 1 aromatic carbocycles. The van der Waals surface area contributed by atoms with Crippen LogP contribution in [0.5, 0.6) is 5.75 Å². The lowest BCUT2D eigenvalue weighted by Crippen LogP contribution is -2.21. The van der Waals surface area contributed by atoms with Gasteiger partial charge < -0.3 is 19.5 Å². The zero-order valence-corrected chi connectivity index (χ0v) is 17.5. The molecule has 1 heterocycles. The van der Waals surface area contributed by atoms with E-state index >= 15 is 0 Å². The summed E-state index contributed by atoms with van der Waals surface area (Å²) in [6, 6.07) is 4.40. The third kappa shape index (κ3) is 6.46. The molecule has 1 N–H and O–H groups in total.